The molecule has 0 bridgehead atoms. The molecule has 1 heterocycles. The van der Waals surface area contributed by atoms with Gasteiger partial charge in [0.25, 0.3) is 0 Å². The molecule has 1 nitrogen and oxygen atoms in total. The molecule has 0 aliphatic carbocycles. The first-order chi connectivity index (χ1) is 8.25. The second-order valence-electron chi connectivity index (χ2n) is 3.59. The lowest BCUT2D eigenvalue weighted by atomic mass is 10.2. The highest BCUT2D eigenvalue weighted by Crippen LogP contribution is 2.14. The molecule has 3 heteroatoms. The molecule has 0 saturated heterocycles. The molecule has 0 spiro atoms. The van der Waals surface area contributed by atoms with Gasteiger partial charge in [-0.15, -0.1) is 0 Å². The summed E-state index contributed by atoms with van der Waals surface area (Å²) in [6.07, 6.45) is 6.64. The maximum atomic E-state index is 6.02. The van der Waals surface area contributed by atoms with E-state index < -0.39 is 0 Å². The smallest absolute Gasteiger partial charge is 0.0627 e. The largest absolute Gasteiger partial charge is 0.259 e. The number of hydrogen-bond donors (Lipinski definition) is 0. The SMILES string of the molecule is Clc1cccnc1CC=Cc1ccc(Br)cc1. The molecule has 0 atom stereocenters. The minimum absolute atomic E-state index is 0.716. The molecule has 2 aromatic rings. The number of allylic oxidation sites excluding steroid dienone is 1. The highest BCUT2D eigenvalue weighted by molar-refractivity contribution is 9.10. The number of rotatable bonds is 3. The maximum Gasteiger partial charge on any atom is 0.0627 e. The summed E-state index contributed by atoms with van der Waals surface area (Å²) in [6, 6.07) is 11.9. The number of nitrogens with zero attached hydrogens (tertiary/aromatic N) is 1. The lowest BCUT2D eigenvalue weighted by Gasteiger charge is -1.98. The first-order valence-corrected chi connectivity index (χ1v) is 6.44. The number of hydrogen-bond acceptors (Lipinski definition) is 1. The van der Waals surface area contributed by atoms with Crippen molar-refractivity contribution in [3.05, 3.63) is 69.4 Å². The van der Waals surface area contributed by atoms with Gasteiger partial charge in [-0.25, -0.2) is 0 Å². The predicted octanol–water partition coefficient (Wildman–Crippen LogP) is 4.75. The van der Waals surface area contributed by atoms with E-state index in [0.29, 0.717) is 5.02 Å². The number of halogens is 2. The van der Waals surface area contributed by atoms with Gasteiger partial charge in [0.15, 0.2) is 0 Å². The van der Waals surface area contributed by atoms with E-state index in [9.17, 15) is 0 Å². The van der Waals surface area contributed by atoms with Gasteiger partial charge in [0.1, 0.15) is 0 Å². The minimum atomic E-state index is 0.716. The van der Waals surface area contributed by atoms with Crippen LogP contribution in [-0.4, -0.2) is 4.98 Å². The Balaban J connectivity index is 2.03. The Morgan fingerprint density at radius 3 is 2.65 bits per heavy atom. The van der Waals surface area contributed by atoms with E-state index in [2.05, 4.69) is 45.2 Å². The lowest BCUT2D eigenvalue weighted by Crippen LogP contribution is -1.87. The Morgan fingerprint density at radius 1 is 1.18 bits per heavy atom. The summed E-state index contributed by atoms with van der Waals surface area (Å²) < 4.78 is 1.09. The Bertz CT molecular complexity index is 520. The number of aromatic nitrogens is 1. The summed E-state index contributed by atoms with van der Waals surface area (Å²) >= 11 is 9.43. The average molecular weight is 309 g/mol. The van der Waals surface area contributed by atoms with Crippen molar-refractivity contribution in [2.75, 3.05) is 0 Å². The van der Waals surface area contributed by atoms with Gasteiger partial charge >= 0.3 is 0 Å². The van der Waals surface area contributed by atoms with Gasteiger partial charge in [-0.1, -0.05) is 51.8 Å². The molecule has 1 aromatic carbocycles. The molecule has 0 aliphatic rings. The van der Waals surface area contributed by atoms with Crippen molar-refractivity contribution in [2.24, 2.45) is 0 Å². The zero-order valence-corrected chi connectivity index (χ0v) is 11.4. The molecule has 0 N–H and O–H groups in total. The molecule has 0 unspecified atom stereocenters. The van der Waals surface area contributed by atoms with Crippen LogP contribution in [0.4, 0.5) is 0 Å². The van der Waals surface area contributed by atoms with E-state index >= 15 is 0 Å². The highest BCUT2D eigenvalue weighted by Gasteiger charge is 1.96. The van der Waals surface area contributed by atoms with Crippen LogP contribution in [0, 0.1) is 0 Å². The van der Waals surface area contributed by atoms with Gasteiger partial charge in [-0.05, 0) is 29.8 Å². The predicted molar refractivity (Wildman–Crippen MR) is 76.1 cm³/mol. The normalized spacial score (nSPS) is 10.9. The van der Waals surface area contributed by atoms with Crippen molar-refractivity contribution >= 4 is 33.6 Å². The molecule has 0 fully saturated rings. The fraction of sp³-hybridized carbons (Fsp3) is 0.0714. The first-order valence-electron chi connectivity index (χ1n) is 5.27. The van der Waals surface area contributed by atoms with Crippen molar-refractivity contribution in [3.63, 3.8) is 0 Å². The van der Waals surface area contributed by atoms with Gasteiger partial charge in [0.05, 0.1) is 10.7 Å². The molecule has 2 rings (SSSR count). The van der Waals surface area contributed by atoms with Gasteiger partial charge in [0, 0.05) is 17.1 Å². The monoisotopic (exact) mass is 307 g/mol. The van der Waals surface area contributed by atoms with Crippen molar-refractivity contribution in [1.82, 2.24) is 4.98 Å². The van der Waals surface area contributed by atoms with Crippen LogP contribution in [0.2, 0.25) is 5.02 Å². The second kappa shape index (κ2) is 5.99. The molecule has 1 aromatic heterocycles. The van der Waals surface area contributed by atoms with E-state index in [0.717, 1.165) is 16.6 Å². The third-order valence-corrected chi connectivity index (χ3v) is 3.20. The van der Waals surface area contributed by atoms with Crippen LogP contribution in [0.3, 0.4) is 0 Å². The number of pyridine rings is 1. The van der Waals surface area contributed by atoms with Crippen LogP contribution < -0.4 is 0 Å². The van der Waals surface area contributed by atoms with Crippen LogP contribution in [0.15, 0.2) is 53.1 Å². The summed E-state index contributed by atoms with van der Waals surface area (Å²) in [5.41, 5.74) is 2.07. The van der Waals surface area contributed by atoms with Crippen LogP contribution in [0.1, 0.15) is 11.3 Å². The summed E-state index contributed by atoms with van der Waals surface area (Å²) in [6.45, 7) is 0. The van der Waals surface area contributed by atoms with Crippen LogP contribution >= 0.6 is 27.5 Å². The topological polar surface area (TPSA) is 12.9 Å². The summed E-state index contributed by atoms with van der Waals surface area (Å²) in [5, 5.41) is 0.716. The van der Waals surface area contributed by atoms with Crippen molar-refractivity contribution in [2.45, 2.75) is 6.42 Å². The van der Waals surface area contributed by atoms with Crippen molar-refractivity contribution < 1.29 is 0 Å². The highest BCUT2D eigenvalue weighted by atomic mass is 79.9. The van der Waals surface area contributed by atoms with E-state index in [1.165, 1.54) is 5.56 Å². The van der Waals surface area contributed by atoms with Gasteiger partial charge in [-0.2, -0.15) is 0 Å². The maximum absolute atomic E-state index is 6.02. The minimum Gasteiger partial charge on any atom is -0.259 e. The zero-order valence-electron chi connectivity index (χ0n) is 9.11. The molecule has 0 amide bonds. The Morgan fingerprint density at radius 2 is 1.94 bits per heavy atom. The summed E-state index contributed by atoms with van der Waals surface area (Å²) in [7, 11) is 0. The van der Waals surface area contributed by atoms with E-state index in [1.807, 2.05) is 24.3 Å². The van der Waals surface area contributed by atoms with Crippen LogP contribution in [0.25, 0.3) is 6.08 Å². The van der Waals surface area contributed by atoms with Crippen molar-refractivity contribution in [1.29, 1.82) is 0 Å². The van der Waals surface area contributed by atoms with E-state index in [-0.39, 0.29) is 0 Å². The average Bonchev–Trinajstić information content (AvgIpc) is 2.34. The molecular formula is C14H11BrClN. The van der Waals surface area contributed by atoms with E-state index in [4.69, 9.17) is 11.6 Å². The fourth-order valence-corrected chi connectivity index (χ4v) is 1.91. The summed E-state index contributed by atoms with van der Waals surface area (Å²) in [5.74, 6) is 0. The second-order valence-corrected chi connectivity index (χ2v) is 4.91. The van der Waals surface area contributed by atoms with Crippen LogP contribution in [-0.2, 0) is 6.42 Å². The molecule has 86 valence electrons. The third-order valence-electron chi connectivity index (χ3n) is 2.33. The lowest BCUT2D eigenvalue weighted by molar-refractivity contribution is 1.11. The fourth-order valence-electron chi connectivity index (χ4n) is 1.45. The summed E-state index contributed by atoms with van der Waals surface area (Å²) in [4.78, 5) is 4.23. The Hall–Kier alpha value is -1.12. The quantitative estimate of drug-likeness (QED) is 0.797. The Kier molecular flexibility index (Phi) is 4.35. The van der Waals surface area contributed by atoms with E-state index in [1.54, 1.807) is 6.20 Å². The van der Waals surface area contributed by atoms with Gasteiger partial charge < -0.3 is 0 Å². The van der Waals surface area contributed by atoms with Crippen molar-refractivity contribution in [3.8, 4) is 0 Å². The molecule has 0 saturated carbocycles. The molecule has 17 heavy (non-hydrogen) atoms. The molecule has 0 aliphatic heterocycles. The standard InChI is InChI=1S/C14H11BrClN/c15-12-8-6-11(7-9-12)3-1-5-14-13(16)4-2-10-17-14/h1-4,6-10H,5H2. The first kappa shape index (κ1) is 12.3. The molecular weight excluding hydrogens is 298 g/mol. The number of benzene rings is 1. The molecule has 0 radical (unpaired) electrons. The Labute approximate surface area is 114 Å². The van der Waals surface area contributed by atoms with Gasteiger partial charge in [-0.3, -0.25) is 4.98 Å². The van der Waals surface area contributed by atoms with Crippen LogP contribution in [0.5, 0.6) is 0 Å². The third kappa shape index (κ3) is 3.69. The zero-order chi connectivity index (χ0) is 12.1. The van der Waals surface area contributed by atoms with Gasteiger partial charge in [0.2, 0.25) is 0 Å².